The number of hydrogen-bond donors (Lipinski definition) is 0. The van der Waals surface area contributed by atoms with Crippen LogP contribution in [0.4, 0.5) is 5.69 Å². The Morgan fingerprint density at radius 2 is 1.92 bits per heavy atom. The van der Waals surface area contributed by atoms with Crippen LogP contribution in [-0.4, -0.2) is 24.3 Å². The maximum Gasteiger partial charge on any atom is 0.268 e. The van der Waals surface area contributed by atoms with Crippen LogP contribution in [0.2, 0.25) is 0 Å². The number of amides is 1. The summed E-state index contributed by atoms with van der Waals surface area (Å²) in [6.07, 6.45) is 3.53. The molecule has 0 bridgehead atoms. The zero-order valence-corrected chi connectivity index (χ0v) is 15.2. The third-order valence-corrected chi connectivity index (χ3v) is 5.22. The van der Waals surface area contributed by atoms with Crippen molar-refractivity contribution in [2.75, 3.05) is 11.2 Å². The Balaban J connectivity index is 1.77. The van der Waals surface area contributed by atoms with E-state index < -0.39 is 6.10 Å². The van der Waals surface area contributed by atoms with Crippen molar-refractivity contribution in [3.63, 3.8) is 0 Å². The molecule has 0 saturated carbocycles. The van der Waals surface area contributed by atoms with Crippen LogP contribution in [0.25, 0.3) is 0 Å². The number of aryl methyl sites for hydroxylation is 1. The summed E-state index contributed by atoms with van der Waals surface area (Å²) in [5, 5.41) is 0. The van der Waals surface area contributed by atoms with Crippen LogP contribution in [0.5, 0.6) is 5.75 Å². The van der Waals surface area contributed by atoms with Crippen molar-refractivity contribution in [3.8, 4) is 5.75 Å². The van der Waals surface area contributed by atoms with Gasteiger partial charge in [0, 0.05) is 16.6 Å². The van der Waals surface area contributed by atoms with Gasteiger partial charge in [-0.25, -0.2) is 0 Å². The SMILES string of the molecule is CSc1ccc(OC(C)C(=O)N2c3ccccc3CCC2C)cc1. The number of carbonyl (C=O) groups is 1. The monoisotopic (exact) mass is 341 g/mol. The van der Waals surface area contributed by atoms with Crippen molar-refractivity contribution in [2.24, 2.45) is 0 Å². The Labute approximate surface area is 148 Å². The van der Waals surface area contributed by atoms with Gasteiger partial charge in [-0.15, -0.1) is 11.8 Å². The molecule has 126 valence electrons. The van der Waals surface area contributed by atoms with Gasteiger partial charge in [0.15, 0.2) is 6.10 Å². The van der Waals surface area contributed by atoms with E-state index in [0.717, 1.165) is 24.3 Å². The molecule has 0 fully saturated rings. The number of para-hydroxylation sites is 1. The fourth-order valence-corrected chi connectivity index (χ4v) is 3.54. The van der Waals surface area contributed by atoms with Gasteiger partial charge in [0.25, 0.3) is 5.91 Å². The summed E-state index contributed by atoms with van der Waals surface area (Å²) in [6, 6.07) is 16.2. The van der Waals surface area contributed by atoms with Crippen molar-refractivity contribution in [2.45, 2.75) is 43.7 Å². The molecule has 0 saturated heterocycles. The van der Waals surface area contributed by atoms with Gasteiger partial charge in [-0.05, 0) is 68.8 Å². The van der Waals surface area contributed by atoms with E-state index in [1.807, 2.05) is 60.5 Å². The fraction of sp³-hybridized carbons (Fsp3) is 0.350. The fourth-order valence-electron chi connectivity index (χ4n) is 3.13. The minimum Gasteiger partial charge on any atom is -0.481 e. The molecule has 2 atom stereocenters. The molecule has 0 aromatic heterocycles. The summed E-state index contributed by atoms with van der Waals surface area (Å²) in [5.74, 6) is 0.746. The van der Waals surface area contributed by atoms with E-state index in [2.05, 4.69) is 13.0 Å². The molecule has 1 aliphatic rings. The van der Waals surface area contributed by atoms with Gasteiger partial charge in [0.2, 0.25) is 0 Å². The molecule has 0 aliphatic carbocycles. The average Bonchev–Trinajstić information content (AvgIpc) is 2.61. The van der Waals surface area contributed by atoms with E-state index in [0.29, 0.717) is 0 Å². The summed E-state index contributed by atoms with van der Waals surface area (Å²) in [6.45, 7) is 3.93. The van der Waals surface area contributed by atoms with E-state index in [9.17, 15) is 4.79 Å². The summed E-state index contributed by atoms with van der Waals surface area (Å²) in [4.78, 5) is 16.1. The molecule has 1 heterocycles. The van der Waals surface area contributed by atoms with Crippen LogP contribution >= 0.6 is 11.8 Å². The largest absolute Gasteiger partial charge is 0.481 e. The number of thioether (sulfide) groups is 1. The molecule has 1 aliphatic heterocycles. The highest BCUT2D eigenvalue weighted by Crippen LogP contribution is 2.31. The predicted octanol–water partition coefficient (Wildman–Crippen LogP) is 4.54. The van der Waals surface area contributed by atoms with Gasteiger partial charge in [-0.3, -0.25) is 4.79 Å². The van der Waals surface area contributed by atoms with E-state index in [-0.39, 0.29) is 11.9 Å². The normalized spacial score (nSPS) is 18.0. The number of carbonyl (C=O) groups excluding carboxylic acids is 1. The van der Waals surface area contributed by atoms with Crippen molar-refractivity contribution >= 4 is 23.4 Å². The number of benzene rings is 2. The Morgan fingerprint density at radius 3 is 2.62 bits per heavy atom. The lowest BCUT2D eigenvalue weighted by Gasteiger charge is -2.36. The zero-order chi connectivity index (χ0) is 17.1. The van der Waals surface area contributed by atoms with Gasteiger partial charge in [0.05, 0.1) is 0 Å². The first kappa shape index (κ1) is 16.9. The molecule has 0 N–H and O–H groups in total. The summed E-state index contributed by atoms with van der Waals surface area (Å²) < 4.78 is 5.89. The third-order valence-electron chi connectivity index (χ3n) is 4.48. The molecular formula is C20H23NO2S. The van der Waals surface area contributed by atoms with E-state index in [4.69, 9.17) is 4.74 Å². The number of anilines is 1. The smallest absolute Gasteiger partial charge is 0.268 e. The number of ether oxygens (including phenoxy) is 1. The average molecular weight is 341 g/mol. The van der Waals surface area contributed by atoms with Gasteiger partial charge < -0.3 is 9.64 Å². The lowest BCUT2D eigenvalue weighted by molar-refractivity contribution is -0.125. The minimum absolute atomic E-state index is 0.0172. The third kappa shape index (κ3) is 3.44. The lowest BCUT2D eigenvalue weighted by Crippen LogP contribution is -2.47. The van der Waals surface area contributed by atoms with Crippen molar-refractivity contribution in [1.82, 2.24) is 0 Å². The van der Waals surface area contributed by atoms with Crippen LogP contribution in [-0.2, 0) is 11.2 Å². The Hall–Kier alpha value is -1.94. The van der Waals surface area contributed by atoms with Crippen LogP contribution in [0.1, 0.15) is 25.8 Å². The Kier molecular flexibility index (Phi) is 5.14. The van der Waals surface area contributed by atoms with Crippen molar-refractivity contribution in [3.05, 3.63) is 54.1 Å². The van der Waals surface area contributed by atoms with Crippen LogP contribution in [0.15, 0.2) is 53.4 Å². The molecule has 3 rings (SSSR count). The molecule has 3 nitrogen and oxygen atoms in total. The summed E-state index contributed by atoms with van der Waals surface area (Å²) in [5.41, 5.74) is 2.26. The molecule has 0 radical (unpaired) electrons. The van der Waals surface area contributed by atoms with Gasteiger partial charge in [0.1, 0.15) is 5.75 Å². The molecule has 0 spiro atoms. The second kappa shape index (κ2) is 7.31. The molecule has 4 heteroatoms. The standard InChI is InChI=1S/C20H23NO2S/c1-14-8-9-16-6-4-5-7-19(16)21(14)20(22)15(2)23-17-10-12-18(24-3)13-11-17/h4-7,10-15H,8-9H2,1-3H3. The molecular weight excluding hydrogens is 318 g/mol. The summed E-state index contributed by atoms with van der Waals surface area (Å²) in [7, 11) is 0. The molecule has 24 heavy (non-hydrogen) atoms. The van der Waals surface area contributed by atoms with Crippen LogP contribution in [0, 0.1) is 0 Å². The maximum atomic E-state index is 13.0. The van der Waals surface area contributed by atoms with Gasteiger partial charge >= 0.3 is 0 Å². The summed E-state index contributed by atoms with van der Waals surface area (Å²) >= 11 is 1.69. The minimum atomic E-state index is -0.515. The molecule has 2 aromatic rings. The maximum absolute atomic E-state index is 13.0. The highest BCUT2D eigenvalue weighted by atomic mass is 32.2. The molecule has 1 amide bonds. The first-order valence-corrected chi connectivity index (χ1v) is 9.54. The predicted molar refractivity (Wildman–Crippen MR) is 100 cm³/mol. The Morgan fingerprint density at radius 1 is 1.21 bits per heavy atom. The number of rotatable bonds is 4. The van der Waals surface area contributed by atoms with Gasteiger partial charge in [-0.2, -0.15) is 0 Å². The second-order valence-electron chi connectivity index (χ2n) is 6.16. The van der Waals surface area contributed by atoms with Gasteiger partial charge in [-0.1, -0.05) is 18.2 Å². The van der Waals surface area contributed by atoms with Crippen molar-refractivity contribution in [1.29, 1.82) is 0 Å². The molecule has 2 aromatic carbocycles. The lowest BCUT2D eigenvalue weighted by atomic mass is 9.96. The number of hydrogen-bond acceptors (Lipinski definition) is 3. The number of nitrogens with zero attached hydrogens (tertiary/aromatic N) is 1. The zero-order valence-electron chi connectivity index (χ0n) is 14.4. The highest BCUT2D eigenvalue weighted by Gasteiger charge is 2.31. The first-order valence-electron chi connectivity index (χ1n) is 8.32. The molecule has 2 unspecified atom stereocenters. The van der Waals surface area contributed by atoms with E-state index in [1.165, 1.54) is 10.5 Å². The highest BCUT2D eigenvalue weighted by molar-refractivity contribution is 7.98. The second-order valence-corrected chi connectivity index (χ2v) is 7.04. The first-order chi connectivity index (χ1) is 11.6. The quantitative estimate of drug-likeness (QED) is 0.765. The van der Waals surface area contributed by atoms with Crippen LogP contribution in [0.3, 0.4) is 0 Å². The van der Waals surface area contributed by atoms with E-state index >= 15 is 0 Å². The van der Waals surface area contributed by atoms with Crippen molar-refractivity contribution < 1.29 is 9.53 Å². The topological polar surface area (TPSA) is 29.5 Å². The Bertz CT molecular complexity index is 714. The number of fused-ring (bicyclic) bond motifs is 1. The van der Waals surface area contributed by atoms with E-state index in [1.54, 1.807) is 11.8 Å². The van der Waals surface area contributed by atoms with Crippen LogP contribution < -0.4 is 9.64 Å².